The van der Waals surface area contributed by atoms with Crippen LogP contribution in [0.3, 0.4) is 0 Å². The Kier molecular flexibility index (Phi) is 4.48. The second-order valence-corrected chi connectivity index (χ2v) is 7.67. The highest BCUT2D eigenvalue weighted by molar-refractivity contribution is 5.95. The molecule has 0 bridgehead atoms. The summed E-state index contributed by atoms with van der Waals surface area (Å²) in [6, 6.07) is 1.90. The second kappa shape index (κ2) is 6.79. The number of rotatable bonds is 5. The summed E-state index contributed by atoms with van der Waals surface area (Å²) >= 11 is 0. The van der Waals surface area contributed by atoms with E-state index in [1.165, 1.54) is 0 Å². The van der Waals surface area contributed by atoms with E-state index >= 15 is 0 Å². The third-order valence-electron chi connectivity index (χ3n) is 5.86. The molecule has 4 rings (SSSR count). The van der Waals surface area contributed by atoms with Crippen molar-refractivity contribution in [2.24, 2.45) is 5.92 Å². The molecule has 7 heteroatoms. The van der Waals surface area contributed by atoms with E-state index in [1.807, 2.05) is 17.8 Å². The number of hydrogen-bond donors (Lipinski definition) is 2. The van der Waals surface area contributed by atoms with E-state index in [2.05, 4.69) is 20.6 Å². The summed E-state index contributed by atoms with van der Waals surface area (Å²) in [6.07, 6.45) is 10.9. The fourth-order valence-electron chi connectivity index (χ4n) is 4.03. The standard InChI is InChI=1S/C19H25N5O2/c1-13-10-20-9-6-15(13)18(25)21-16-5-2-4-14(16)11-24-12-17(22-23-24)19(26)7-3-8-19/h6,9-10,12,14,16,26H,2-5,7-8,11H2,1H3,(H,21,25)/t14-,16-/m1/s1. The SMILES string of the molecule is Cc1cnccc1C(=O)N[C@@H]1CCC[C@@H]1Cn1cc(C2(O)CCC2)nn1. The fourth-order valence-corrected chi connectivity index (χ4v) is 4.03. The zero-order valence-electron chi connectivity index (χ0n) is 15.1. The zero-order valence-corrected chi connectivity index (χ0v) is 15.1. The van der Waals surface area contributed by atoms with Crippen molar-refractivity contribution in [3.8, 4) is 0 Å². The minimum Gasteiger partial charge on any atom is -0.383 e. The highest BCUT2D eigenvalue weighted by atomic mass is 16.3. The molecule has 2 N–H and O–H groups in total. The van der Waals surface area contributed by atoms with Gasteiger partial charge in [0, 0.05) is 30.5 Å². The largest absolute Gasteiger partial charge is 0.383 e. The number of aryl methyl sites for hydroxylation is 1. The normalized spacial score (nSPS) is 24.2. The molecule has 1 amide bonds. The monoisotopic (exact) mass is 355 g/mol. The summed E-state index contributed by atoms with van der Waals surface area (Å²) < 4.78 is 1.82. The van der Waals surface area contributed by atoms with Crippen LogP contribution in [-0.2, 0) is 12.1 Å². The Hall–Kier alpha value is -2.28. The molecule has 7 nitrogen and oxygen atoms in total. The van der Waals surface area contributed by atoms with Crippen molar-refractivity contribution < 1.29 is 9.90 Å². The molecule has 138 valence electrons. The van der Waals surface area contributed by atoms with Gasteiger partial charge in [-0.2, -0.15) is 0 Å². The number of amides is 1. The van der Waals surface area contributed by atoms with Gasteiger partial charge >= 0.3 is 0 Å². The van der Waals surface area contributed by atoms with Gasteiger partial charge in [0.1, 0.15) is 11.3 Å². The van der Waals surface area contributed by atoms with Crippen LogP contribution in [0.1, 0.15) is 60.1 Å². The summed E-state index contributed by atoms with van der Waals surface area (Å²) in [5.41, 5.74) is 1.46. The van der Waals surface area contributed by atoms with Crippen LogP contribution in [-0.4, -0.2) is 37.0 Å². The lowest BCUT2D eigenvalue weighted by Gasteiger charge is -2.34. The minimum atomic E-state index is -0.777. The second-order valence-electron chi connectivity index (χ2n) is 7.67. The molecule has 0 unspecified atom stereocenters. The van der Waals surface area contributed by atoms with Crippen LogP contribution >= 0.6 is 0 Å². The Labute approximate surface area is 152 Å². The first kappa shape index (κ1) is 17.1. The summed E-state index contributed by atoms with van der Waals surface area (Å²) in [5.74, 6) is 0.288. The number of carbonyl (C=O) groups is 1. The van der Waals surface area contributed by atoms with E-state index < -0.39 is 5.60 Å². The Morgan fingerprint density at radius 2 is 2.23 bits per heavy atom. The topological polar surface area (TPSA) is 92.9 Å². The van der Waals surface area contributed by atoms with Crippen LogP contribution < -0.4 is 5.32 Å². The Morgan fingerprint density at radius 3 is 2.96 bits per heavy atom. The highest BCUT2D eigenvalue weighted by Crippen LogP contribution is 2.39. The summed E-state index contributed by atoms with van der Waals surface area (Å²) in [6.45, 7) is 2.61. The van der Waals surface area contributed by atoms with Crippen molar-refractivity contribution >= 4 is 5.91 Å². The molecule has 2 aromatic rings. The van der Waals surface area contributed by atoms with Gasteiger partial charge in [-0.3, -0.25) is 14.5 Å². The summed E-state index contributed by atoms with van der Waals surface area (Å²) in [4.78, 5) is 16.6. The number of pyridine rings is 1. The Bertz CT molecular complexity index is 799. The van der Waals surface area contributed by atoms with Crippen LogP contribution in [0.15, 0.2) is 24.7 Å². The van der Waals surface area contributed by atoms with Gasteiger partial charge in [-0.1, -0.05) is 11.6 Å². The molecular weight excluding hydrogens is 330 g/mol. The van der Waals surface area contributed by atoms with Gasteiger partial charge in [0.25, 0.3) is 5.91 Å². The van der Waals surface area contributed by atoms with E-state index in [0.29, 0.717) is 23.7 Å². The molecule has 0 aromatic carbocycles. The van der Waals surface area contributed by atoms with Gasteiger partial charge in [0.05, 0.1) is 6.20 Å². The summed E-state index contributed by atoms with van der Waals surface area (Å²) in [7, 11) is 0. The average molecular weight is 355 g/mol. The molecule has 0 saturated heterocycles. The van der Waals surface area contributed by atoms with Crippen LogP contribution in [0, 0.1) is 12.8 Å². The van der Waals surface area contributed by atoms with Gasteiger partial charge in [-0.15, -0.1) is 5.10 Å². The van der Waals surface area contributed by atoms with Gasteiger partial charge in [-0.05, 0) is 56.6 Å². The predicted octanol–water partition coefficient (Wildman–Crippen LogP) is 1.95. The highest BCUT2D eigenvalue weighted by Gasteiger charge is 2.39. The lowest BCUT2D eigenvalue weighted by Crippen LogP contribution is -2.39. The zero-order chi connectivity index (χ0) is 18.1. The third kappa shape index (κ3) is 3.23. The van der Waals surface area contributed by atoms with E-state index in [4.69, 9.17) is 0 Å². The van der Waals surface area contributed by atoms with Crippen LogP contribution in [0.4, 0.5) is 0 Å². The molecule has 2 aliphatic rings. The molecule has 26 heavy (non-hydrogen) atoms. The quantitative estimate of drug-likeness (QED) is 0.855. The summed E-state index contributed by atoms with van der Waals surface area (Å²) in [5, 5.41) is 22.0. The van der Waals surface area contributed by atoms with Crippen LogP contribution in [0.2, 0.25) is 0 Å². The Morgan fingerprint density at radius 1 is 1.38 bits per heavy atom. The lowest BCUT2D eigenvalue weighted by molar-refractivity contribution is -0.0427. The average Bonchev–Trinajstić information content (AvgIpc) is 3.24. The van der Waals surface area contributed by atoms with E-state index in [0.717, 1.165) is 44.1 Å². The smallest absolute Gasteiger partial charge is 0.251 e. The molecule has 0 radical (unpaired) electrons. The molecule has 0 aliphatic heterocycles. The number of hydrogen-bond acceptors (Lipinski definition) is 5. The van der Waals surface area contributed by atoms with E-state index in [1.54, 1.807) is 18.5 Å². The van der Waals surface area contributed by atoms with Crippen LogP contribution in [0.5, 0.6) is 0 Å². The molecule has 2 heterocycles. The van der Waals surface area contributed by atoms with E-state index in [9.17, 15) is 9.90 Å². The molecule has 2 aliphatic carbocycles. The maximum atomic E-state index is 12.6. The van der Waals surface area contributed by atoms with Crippen molar-refractivity contribution in [1.82, 2.24) is 25.3 Å². The van der Waals surface area contributed by atoms with Crippen molar-refractivity contribution in [3.05, 3.63) is 41.5 Å². The van der Waals surface area contributed by atoms with Crippen molar-refractivity contribution in [2.45, 2.75) is 63.6 Å². The first-order valence-electron chi connectivity index (χ1n) is 9.40. The maximum absolute atomic E-state index is 12.6. The number of aromatic nitrogens is 4. The van der Waals surface area contributed by atoms with Gasteiger partial charge < -0.3 is 10.4 Å². The maximum Gasteiger partial charge on any atom is 0.251 e. The number of nitrogens with one attached hydrogen (secondary N) is 1. The number of aliphatic hydroxyl groups is 1. The number of carbonyl (C=O) groups excluding carboxylic acids is 1. The lowest BCUT2D eigenvalue weighted by atomic mass is 9.78. The van der Waals surface area contributed by atoms with Crippen molar-refractivity contribution in [1.29, 1.82) is 0 Å². The first-order valence-corrected chi connectivity index (χ1v) is 9.40. The van der Waals surface area contributed by atoms with Gasteiger partial charge in [0.2, 0.25) is 0 Å². The van der Waals surface area contributed by atoms with Gasteiger partial charge in [0.15, 0.2) is 0 Å². The first-order chi connectivity index (χ1) is 12.5. The van der Waals surface area contributed by atoms with Crippen LogP contribution in [0.25, 0.3) is 0 Å². The fraction of sp³-hybridized carbons (Fsp3) is 0.579. The molecule has 2 atom stereocenters. The molecule has 2 aromatic heterocycles. The molecule has 0 spiro atoms. The Balaban J connectivity index is 1.41. The van der Waals surface area contributed by atoms with Crippen molar-refractivity contribution in [2.75, 3.05) is 0 Å². The van der Waals surface area contributed by atoms with E-state index in [-0.39, 0.29) is 11.9 Å². The predicted molar refractivity (Wildman–Crippen MR) is 95.3 cm³/mol. The molecular formula is C19H25N5O2. The number of nitrogens with zero attached hydrogens (tertiary/aromatic N) is 4. The minimum absolute atomic E-state index is 0.0372. The molecule has 2 saturated carbocycles. The third-order valence-corrected chi connectivity index (χ3v) is 5.86. The van der Waals surface area contributed by atoms with Gasteiger partial charge in [-0.25, -0.2) is 0 Å². The van der Waals surface area contributed by atoms with Crippen molar-refractivity contribution in [3.63, 3.8) is 0 Å². The molecule has 2 fully saturated rings.